The van der Waals surface area contributed by atoms with E-state index >= 15 is 0 Å². The van der Waals surface area contributed by atoms with Gasteiger partial charge in [0.15, 0.2) is 0 Å². The number of hydrogen-bond acceptors (Lipinski definition) is 4. The van der Waals surface area contributed by atoms with Crippen molar-refractivity contribution in [3.05, 3.63) is 24.3 Å². The number of fused-ring (bicyclic) bond motifs is 1. The maximum absolute atomic E-state index is 9.10. The van der Waals surface area contributed by atoms with Crippen molar-refractivity contribution in [3.8, 4) is 0 Å². The lowest BCUT2D eigenvalue weighted by molar-refractivity contribution is -0.0136. The molecule has 2 rings (SSSR count). The van der Waals surface area contributed by atoms with Gasteiger partial charge in [0.2, 0.25) is 0 Å². The molecular weight excluding hydrogens is 130 g/mol. The molecule has 0 fully saturated rings. The molecule has 2 aliphatic heterocycles. The van der Waals surface area contributed by atoms with Crippen molar-refractivity contribution in [3.63, 3.8) is 0 Å². The van der Waals surface area contributed by atoms with E-state index in [1.165, 1.54) is 0 Å². The first-order valence-electron chi connectivity index (χ1n) is 3.01. The molecule has 0 aromatic rings. The molecule has 0 radical (unpaired) electrons. The van der Waals surface area contributed by atoms with Gasteiger partial charge < -0.3 is 4.90 Å². The summed E-state index contributed by atoms with van der Waals surface area (Å²) in [5.74, 6) is 0.759. The Labute approximate surface area is 58.3 Å². The molecule has 0 saturated heterocycles. The maximum Gasteiger partial charge on any atom is 0.140 e. The molecular formula is C6H7N3O. The number of hydrogen-bond donors (Lipinski definition) is 1. The van der Waals surface area contributed by atoms with Crippen LogP contribution in [0.1, 0.15) is 0 Å². The van der Waals surface area contributed by atoms with E-state index in [-0.39, 0.29) is 0 Å². The second-order valence-corrected chi connectivity index (χ2v) is 2.11. The first kappa shape index (κ1) is 5.49. The van der Waals surface area contributed by atoms with Gasteiger partial charge in [0.05, 0.1) is 6.20 Å². The van der Waals surface area contributed by atoms with Crippen molar-refractivity contribution in [2.24, 2.45) is 4.99 Å². The van der Waals surface area contributed by atoms with Crippen LogP contribution in [-0.2, 0) is 0 Å². The fourth-order valence-electron chi connectivity index (χ4n) is 0.974. The third kappa shape index (κ3) is 0.625. The number of rotatable bonds is 0. The highest BCUT2D eigenvalue weighted by Crippen LogP contribution is 2.17. The number of aliphatic imine (C=N–C) groups is 1. The van der Waals surface area contributed by atoms with Gasteiger partial charge in [-0.3, -0.25) is 10.2 Å². The van der Waals surface area contributed by atoms with Crippen LogP contribution < -0.4 is 0 Å². The lowest BCUT2D eigenvalue weighted by Gasteiger charge is -2.20. The molecule has 0 atom stereocenters. The molecule has 0 saturated carbocycles. The van der Waals surface area contributed by atoms with E-state index in [9.17, 15) is 0 Å². The number of hydroxylamine groups is 2. The molecule has 0 bridgehead atoms. The van der Waals surface area contributed by atoms with Gasteiger partial charge in [-0.25, -0.2) is 5.06 Å². The van der Waals surface area contributed by atoms with Gasteiger partial charge >= 0.3 is 0 Å². The minimum atomic E-state index is 0.597. The van der Waals surface area contributed by atoms with Crippen molar-refractivity contribution < 1.29 is 5.21 Å². The van der Waals surface area contributed by atoms with E-state index in [2.05, 4.69) is 4.99 Å². The highest BCUT2D eigenvalue weighted by molar-refractivity contribution is 5.73. The lowest BCUT2D eigenvalue weighted by Crippen LogP contribution is -2.23. The first-order valence-corrected chi connectivity index (χ1v) is 3.01. The fraction of sp³-hybridized carbons (Fsp3) is 0.167. The van der Waals surface area contributed by atoms with E-state index in [1.807, 2.05) is 4.90 Å². The Morgan fingerprint density at radius 3 is 3.20 bits per heavy atom. The molecule has 0 aromatic heterocycles. The summed E-state index contributed by atoms with van der Waals surface area (Å²) in [6, 6.07) is 0. The third-order valence-electron chi connectivity index (χ3n) is 1.48. The van der Waals surface area contributed by atoms with Crippen molar-refractivity contribution in [2.45, 2.75) is 0 Å². The summed E-state index contributed by atoms with van der Waals surface area (Å²) >= 11 is 0. The molecule has 0 unspecified atom stereocenters. The zero-order chi connectivity index (χ0) is 6.97. The molecule has 0 amide bonds. The third-order valence-corrected chi connectivity index (χ3v) is 1.48. The highest BCUT2D eigenvalue weighted by atomic mass is 16.5. The van der Waals surface area contributed by atoms with Gasteiger partial charge in [0, 0.05) is 12.4 Å². The van der Waals surface area contributed by atoms with Crippen LogP contribution in [0.25, 0.3) is 0 Å². The Morgan fingerprint density at radius 2 is 2.40 bits per heavy atom. The lowest BCUT2D eigenvalue weighted by atomic mass is 10.5. The molecule has 52 valence electrons. The molecule has 10 heavy (non-hydrogen) atoms. The van der Waals surface area contributed by atoms with E-state index in [4.69, 9.17) is 5.21 Å². The van der Waals surface area contributed by atoms with Crippen molar-refractivity contribution >= 4 is 6.21 Å². The van der Waals surface area contributed by atoms with E-state index < -0.39 is 0 Å². The summed E-state index contributed by atoms with van der Waals surface area (Å²) in [5.41, 5.74) is 0. The monoisotopic (exact) mass is 137 g/mol. The standard InChI is InChI=1S/C6H7N3O/c10-9-4-3-8-5-7-2-1-6(8)9/h1-4,10H,5H2. The van der Waals surface area contributed by atoms with Gasteiger partial charge in [-0.15, -0.1) is 0 Å². The van der Waals surface area contributed by atoms with E-state index in [0.29, 0.717) is 6.67 Å². The van der Waals surface area contributed by atoms with Crippen molar-refractivity contribution in [1.82, 2.24) is 9.96 Å². The average Bonchev–Trinajstić information content (AvgIpc) is 2.34. The summed E-state index contributed by atoms with van der Waals surface area (Å²) < 4.78 is 0. The molecule has 4 nitrogen and oxygen atoms in total. The van der Waals surface area contributed by atoms with E-state index in [1.54, 1.807) is 24.7 Å². The van der Waals surface area contributed by atoms with Crippen molar-refractivity contribution in [2.75, 3.05) is 6.67 Å². The molecule has 0 spiro atoms. The summed E-state index contributed by atoms with van der Waals surface area (Å²) in [4.78, 5) is 5.84. The van der Waals surface area contributed by atoms with Crippen LogP contribution in [0.2, 0.25) is 0 Å². The second-order valence-electron chi connectivity index (χ2n) is 2.11. The van der Waals surface area contributed by atoms with Gasteiger partial charge in [0.25, 0.3) is 0 Å². The average molecular weight is 137 g/mol. The molecule has 0 aliphatic carbocycles. The summed E-state index contributed by atoms with van der Waals surface area (Å²) in [5, 5.41) is 10.2. The minimum Gasteiger partial charge on any atom is -0.311 e. The quantitative estimate of drug-likeness (QED) is 0.523. The Kier molecular flexibility index (Phi) is 1.01. The molecule has 0 aromatic carbocycles. The molecule has 2 heterocycles. The molecule has 1 N–H and O–H groups in total. The van der Waals surface area contributed by atoms with Gasteiger partial charge in [-0.1, -0.05) is 0 Å². The summed E-state index contributed by atoms with van der Waals surface area (Å²) in [6.07, 6.45) is 6.80. The van der Waals surface area contributed by atoms with Gasteiger partial charge in [-0.2, -0.15) is 0 Å². The van der Waals surface area contributed by atoms with E-state index in [0.717, 1.165) is 10.9 Å². The predicted octanol–water partition coefficient (Wildman–Crippen LogP) is 0.348. The Bertz CT molecular complexity index is 231. The molecule has 2 aliphatic rings. The van der Waals surface area contributed by atoms with Gasteiger partial charge in [0.1, 0.15) is 12.5 Å². The fourth-order valence-corrected chi connectivity index (χ4v) is 0.974. The van der Waals surface area contributed by atoms with Crippen LogP contribution in [0.5, 0.6) is 0 Å². The molecule has 4 heteroatoms. The van der Waals surface area contributed by atoms with Crippen LogP contribution in [-0.4, -0.2) is 28.1 Å². The maximum atomic E-state index is 9.10. The van der Waals surface area contributed by atoms with Crippen molar-refractivity contribution in [1.29, 1.82) is 0 Å². The number of nitrogens with zero attached hydrogens (tertiary/aromatic N) is 3. The topological polar surface area (TPSA) is 39.1 Å². The van der Waals surface area contributed by atoms with Crippen LogP contribution in [0.4, 0.5) is 0 Å². The zero-order valence-corrected chi connectivity index (χ0v) is 5.31. The zero-order valence-electron chi connectivity index (χ0n) is 5.31. The summed E-state index contributed by atoms with van der Waals surface area (Å²) in [7, 11) is 0. The predicted molar refractivity (Wildman–Crippen MR) is 36.0 cm³/mol. The second kappa shape index (κ2) is 1.85. The van der Waals surface area contributed by atoms with Crippen LogP contribution in [0.15, 0.2) is 29.3 Å². The Hall–Kier alpha value is -1.29. The van der Waals surface area contributed by atoms with Crippen LogP contribution >= 0.6 is 0 Å². The van der Waals surface area contributed by atoms with Gasteiger partial charge in [-0.05, 0) is 6.08 Å². The SMILES string of the molecule is ON1C=CN2CN=CC=C12. The normalized spacial score (nSPS) is 21.5. The Morgan fingerprint density at radius 1 is 1.50 bits per heavy atom. The minimum absolute atomic E-state index is 0.597. The van der Waals surface area contributed by atoms with Crippen LogP contribution in [0.3, 0.4) is 0 Å². The Balaban J connectivity index is 2.32. The summed E-state index contributed by atoms with van der Waals surface area (Å²) in [6.45, 7) is 0.597. The smallest absolute Gasteiger partial charge is 0.140 e. The first-order chi connectivity index (χ1) is 4.88. The highest BCUT2D eigenvalue weighted by Gasteiger charge is 2.18. The number of allylic oxidation sites excluding steroid dienone is 1. The largest absolute Gasteiger partial charge is 0.311 e. The van der Waals surface area contributed by atoms with Crippen LogP contribution in [0, 0.1) is 0 Å².